The van der Waals surface area contributed by atoms with Crippen LogP contribution in [0.3, 0.4) is 0 Å². The third-order valence-corrected chi connectivity index (χ3v) is 3.10. The highest BCUT2D eigenvalue weighted by molar-refractivity contribution is 9.10. The molecule has 0 saturated heterocycles. The summed E-state index contributed by atoms with van der Waals surface area (Å²) in [7, 11) is 1.38. The summed E-state index contributed by atoms with van der Waals surface area (Å²) in [6, 6.07) is 11.4. The monoisotopic (exact) mass is 321 g/mol. The van der Waals surface area contributed by atoms with Crippen molar-refractivity contribution in [2.75, 3.05) is 7.11 Å². The Balaban J connectivity index is 2.37. The summed E-state index contributed by atoms with van der Waals surface area (Å²) in [5.41, 5.74) is 0.380. The van der Waals surface area contributed by atoms with E-state index in [9.17, 15) is 4.39 Å². The lowest BCUT2D eigenvalue weighted by Crippen LogP contribution is -1.92. The Hall–Kier alpha value is -2.06. The van der Waals surface area contributed by atoms with Crippen molar-refractivity contribution in [2.45, 2.75) is 0 Å². The summed E-state index contributed by atoms with van der Waals surface area (Å²) < 4.78 is 24.4. The van der Waals surface area contributed by atoms with E-state index in [1.165, 1.54) is 25.3 Å². The molecule has 0 bridgehead atoms. The molecule has 2 aromatic rings. The summed E-state index contributed by atoms with van der Waals surface area (Å²) >= 11 is 3.27. The summed E-state index contributed by atoms with van der Waals surface area (Å²) in [6.07, 6.45) is 0. The van der Waals surface area contributed by atoms with Crippen LogP contribution in [0.4, 0.5) is 4.39 Å². The largest absolute Gasteiger partial charge is 0.494 e. The van der Waals surface area contributed by atoms with E-state index in [-0.39, 0.29) is 5.75 Å². The molecule has 3 nitrogen and oxygen atoms in total. The van der Waals surface area contributed by atoms with Crippen LogP contribution < -0.4 is 9.47 Å². The van der Waals surface area contributed by atoms with Gasteiger partial charge in [-0.1, -0.05) is 6.07 Å². The van der Waals surface area contributed by atoms with Crippen LogP contribution in [0.5, 0.6) is 17.2 Å². The Bertz CT molecular complexity index is 652. The molecule has 0 radical (unpaired) electrons. The van der Waals surface area contributed by atoms with E-state index in [0.29, 0.717) is 21.5 Å². The number of ether oxygens (including phenoxy) is 2. The van der Waals surface area contributed by atoms with Crippen molar-refractivity contribution >= 4 is 15.9 Å². The van der Waals surface area contributed by atoms with Gasteiger partial charge in [0.15, 0.2) is 11.6 Å². The van der Waals surface area contributed by atoms with Crippen molar-refractivity contribution < 1.29 is 13.9 Å². The van der Waals surface area contributed by atoms with Gasteiger partial charge in [0.2, 0.25) is 0 Å². The van der Waals surface area contributed by atoms with Gasteiger partial charge in [-0.2, -0.15) is 5.26 Å². The minimum atomic E-state index is -0.468. The fourth-order valence-corrected chi connectivity index (χ4v) is 1.97. The number of rotatable bonds is 3. The van der Waals surface area contributed by atoms with Crippen LogP contribution in [0.1, 0.15) is 5.56 Å². The van der Waals surface area contributed by atoms with Crippen molar-refractivity contribution in [1.29, 1.82) is 5.26 Å². The molecule has 5 heteroatoms. The standard InChI is InChI=1S/C14H9BrFNO2/c1-18-14-7-9(5-6-12(14)16)19-13-4-2-3-11(15)10(13)8-17/h2-7H,1H3. The number of hydrogen-bond donors (Lipinski definition) is 0. The molecule has 96 valence electrons. The summed E-state index contributed by atoms with van der Waals surface area (Å²) in [4.78, 5) is 0. The Morgan fingerprint density at radius 3 is 2.68 bits per heavy atom. The van der Waals surface area contributed by atoms with E-state index in [2.05, 4.69) is 15.9 Å². The second kappa shape index (κ2) is 5.72. The summed E-state index contributed by atoms with van der Waals surface area (Å²) in [5, 5.41) is 9.08. The molecular formula is C14H9BrFNO2. The smallest absolute Gasteiger partial charge is 0.165 e. The predicted molar refractivity (Wildman–Crippen MR) is 71.9 cm³/mol. The van der Waals surface area contributed by atoms with Gasteiger partial charge in [0.25, 0.3) is 0 Å². The Morgan fingerprint density at radius 1 is 1.21 bits per heavy atom. The van der Waals surface area contributed by atoms with Crippen LogP contribution in [0, 0.1) is 17.1 Å². The molecule has 2 aromatic carbocycles. The maximum atomic E-state index is 13.3. The van der Waals surface area contributed by atoms with Crippen molar-refractivity contribution in [2.24, 2.45) is 0 Å². The van der Waals surface area contributed by atoms with Gasteiger partial charge >= 0.3 is 0 Å². The minimum Gasteiger partial charge on any atom is -0.494 e. The second-order valence-corrected chi connectivity index (χ2v) is 4.48. The van der Waals surface area contributed by atoms with Crippen molar-refractivity contribution in [3.8, 4) is 23.3 Å². The molecule has 0 spiro atoms. The van der Waals surface area contributed by atoms with Gasteiger partial charge in [-0.3, -0.25) is 0 Å². The zero-order chi connectivity index (χ0) is 13.8. The Labute approximate surface area is 118 Å². The highest BCUT2D eigenvalue weighted by Gasteiger charge is 2.10. The van der Waals surface area contributed by atoms with Gasteiger partial charge in [0, 0.05) is 10.5 Å². The molecule has 0 fully saturated rings. The molecule has 0 unspecified atom stereocenters. The van der Waals surface area contributed by atoms with Crippen molar-refractivity contribution in [1.82, 2.24) is 0 Å². The van der Waals surface area contributed by atoms with Crippen LogP contribution in [0.15, 0.2) is 40.9 Å². The van der Waals surface area contributed by atoms with Crippen molar-refractivity contribution in [3.63, 3.8) is 0 Å². The third kappa shape index (κ3) is 2.85. The van der Waals surface area contributed by atoms with E-state index in [0.717, 1.165) is 0 Å². The lowest BCUT2D eigenvalue weighted by atomic mass is 10.2. The van der Waals surface area contributed by atoms with Crippen LogP contribution >= 0.6 is 15.9 Å². The average molecular weight is 322 g/mol. The van der Waals surface area contributed by atoms with E-state index < -0.39 is 5.82 Å². The molecule has 0 atom stereocenters. The first-order valence-corrected chi connectivity index (χ1v) is 6.15. The molecule has 0 heterocycles. The quantitative estimate of drug-likeness (QED) is 0.848. The number of hydrogen-bond acceptors (Lipinski definition) is 3. The van der Waals surface area contributed by atoms with Crippen molar-refractivity contribution in [3.05, 3.63) is 52.3 Å². The molecule has 0 N–H and O–H groups in total. The van der Waals surface area contributed by atoms with E-state index in [1.54, 1.807) is 18.2 Å². The summed E-state index contributed by atoms with van der Waals surface area (Å²) in [6.45, 7) is 0. The average Bonchev–Trinajstić information content (AvgIpc) is 2.41. The first-order valence-electron chi connectivity index (χ1n) is 5.35. The zero-order valence-electron chi connectivity index (χ0n) is 9.98. The number of benzene rings is 2. The molecule has 0 saturated carbocycles. The maximum absolute atomic E-state index is 13.3. The van der Waals surface area contributed by atoms with Crippen LogP contribution in [0.2, 0.25) is 0 Å². The first kappa shape index (κ1) is 13.4. The number of halogens is 2. The van der Waals surface area contributed by atoms with Gasteiger partial charge in [-0.25, -0.2) is 4.39 Å². The Kier molecular flexibility index (Phi) is 4.03. The highest BCUT2D eigenvalue weighted by atomic mass is 79.9. The molecule has 0 aliphatic carbocycles. The second-order valence-electron chi connectivity index (χ2n) is 3.62. The molecule has 19 heavy (non-hydrogen) atoms. The SMILES string of the molecule is COc1cc(Oc2cccc(Br)c2C#N)ccc1F. The Morgan fingerprint density at radius 2 is 2.00 bits per heavy atom. The first-order chi connectivity index (χ1) is 9.15. The van der Waals surface area contributed by atoms with Gasteiger partial charge in [-0.15, -0.1) is 0 Å². The van der Waals surface area contributed by atoms with Crippen LogP contribution in [0.25, 0.3) is 0 Å². The number of methoxy groups -OCH3 is 1. The highest BCUT2D eigenvalue weighted by Crippen LogP contribution is 2.32. The van der Waals surface area contributed by atoms with Gasteiger partial charge in [-0.05, 0) is 40.2 Å². The molecular weight excluding hydrogens is 313 g/mol. The zero-order valence-corrected chi connectivity index (χ0v) is 11.6. The molecule has 0 aliphatic rings. The fraction of sp³-hybridized carbons (Fsp3) is 0.0714. The predicted octanol–water partition coefficient (Wildman–Crippen LogP) is 4.26. The molecule has 2 rings (SSSR count). The van der Waals surface area contributed by atoms with E-state index in [4.69, 9.17) is 14.7 Å². The molecule has 0 aromatic heterocycles. The van der Waals surface area contributed by atoms with Crippen LogP contribution in [-0.2, 0) is 0 Å². The van der Waals surface area contributed by atoms with E-state index >= 15 is 0 Å². The normalized spacial score (nSPS) is 9.79. The topological polar surface area (TPSA) is 42.2 Å². The fourth-order valence-electron chi connectivity index (χ4n) is 1.53. The third-order valence-electron chi connectivity index (χ3n) is 2.44. The maximum Gasteiger partial charge on any atom is 0.165 e. The molecule has 0 aliphatic heterocycles. The van der Waals surface area contributed by atoms with Crippen LogP contribution in [-0.4, -0.2) is 7.11 Å². The summed E-state index contributed by atoms with van der Waals surface area (Å²) in [5.74, 6) is 0.411. The lowest BCUT2D eigenvalue weighted by Gasteiger charge is -2.09. The molecule has 0 amide bonds. The van der Waals surface area contributed by atoms with Gasteiger partial charge in [0.1, 0.15) is 23.1 Å². The number of nitriles is 1. The number of nitrogens with zero attached hydrogens (tertiary/aromatic N) is 1. The minimum absolute atomic E-state index is 0.0889. The van der Waals surface area contributed by atoms with E-state index in [1.807, 2.05) is 6.07 Å². The van der Waals surface area contributed by atoms with Gasteiger partial charge in [0.05, 0.1) is 7.11 Å². The lowest BCUT2D eigenvalue weighted by molar-refractivity contribution is 0.381. The van der Waals surface area contributed by atoms with Gasteiger partial charge < -0.3 is 9.47 Å².